The first-order valence-corrected chi connectivity index (χ1v) is 7.77. The first-order valence-electron chi connectivity index (χ1n) is 7.77. The van der Waals surface area contributed by atoms with Crippen LogP contribution in [-0.2, 0) is 7.05 Å². The molecule has 0 fully saturated rings. The molecule has 2 rings (SSSR count). The van der Waals surface area contributed by atoms with Crippen molar-refractivity contribution in [2.75, 3.05) is 5.73 Å². The van der Waals surface area contributed by atoms with Gasteiger partial charge >= 0.3 is 0 Å². The van der Waals surface area contributed by atoms with Crippen molar-refractivity contribution in [3.63, 3.8) is 0 Å². The van der Waals surface area contributed by atoms with Crippen LogP contribution in [0.2, 0.25) is 0 Å². The van der Waals surface area contributed by atoms with E-state index in [1.807, 2.05) is 27.7 Å². The maximum Gasteiger partial charge on any atom is 0.270 e. The summed E-state index contributed by atoms with van der Waals surface area (Å²) >= 11 is 0. The van der Waals surface area contributed by atoms with E-state index in [-0.39, 0.29) is 11.1 Å². The molecule has 1 aromatic heterocycles. The van der Waals surface area contributed by atoms with Crippen molar-refractivity contribution in [2.45, 2.75) is 27.7 Å². The Bertz CT molecular complexity index is 833. The molecule has 6 nitrogen and oxygen atoms in total. The number of nitrogen functional groups attached to an aromatic ring is 1. The van der Waals surface area contributed by atoms with Crippen LogP contribution < -0.4 is 5.73 Å². The highest BCUT2D eigenvalue weighted by molar-refractivity contribution is 5.79. The van der Waals surface area contributed by atoms with Crippen LogP contribution >= 0.6 is 0 Å². The van der Waals surface area contributed by atoms with Gasteiger partial charge in [-0.15, -0.1) is 6.58 Å². The van der Waals surface area contributed by atoms with E-state index in [2.05, 4.69) is 23.5 Å². The van der Waals surface area contributed by atoms with Crippen LogP contribution in [-0.4, -0.2) is 14.7 Å². The van der Waals surface area contributed by atoms with E-state index in [4.69, 9.17) is 5.73 Å². The fourth-order valence-corrected chi connectivity index (χ4v) is 1.90. The highest BCUT2D eigenvalue weighted by Gasteiger charge is 2.16. The van der Waals surface area contributed by atoms with Gasteiger partial charge in [-0.05, 0) is 33.8 Å². The van der Waals surface area contributed by atoms with Gasteiger partial charge < -0.3 is 5.73 Å². The molecule has 0 spiro atoms. The Morgan fingerprint density at radius 2 is 2.00 bits per heavy atom. The van der Waals surface area contributed by atoms with E-state index >= 15 is 0 Å². The molecule has 2 aromatic rings. The van der Waals surface area contributed by atoms with E-state index in [1.54, 1.807) is 24.0 Å². The lowest BCUT2D eigenvalue weighted by molar-refractivity contribution is -0.384. The van der Waals surface area contributed by atoms with Crippen LogP contribution in [0.25, 0.3) is 11.3 Å². The zero-order chi connectivity index (χ0) is 19.2. The molecule has 0 unspecified atom stereocenters. The number of nitrogens with zero attached hydrogens (tertiary/aromatic N) is 3. The summed E-state index contributed by atoms with van der Waals surface area (Å²) in [7, 11) is 1.78. The Labute approximate surface area is 148 Å². The summed E-state index contributed by atoms with van der Waals surface area (Å²) in [6.45, 7) is 11.3. The SMILES string of the molecule is C=CC.Cn1cc(C#CC(C)(C)C)c(-c2cc([N+](=O)[O-])ccc2N)n1. The summed E-state index contributed by atoms with van der Waals surface area (Å²) in [6, 6.07) is 4.32. The molecule has 0 saturated carbocycles. The molecule has 0 amide bonds. The minimum atomic E-state index is -0.452. The number of rotatable bonds is 2. The zero-order valence-electron chi connectivity index (χ0n) is 15.3. The van der Waals surface area contributed by atoms with Crippen LogP contribution in [0.5, 0.6) is 0 Å². The van der Waals surface area contributed by atoms with Gasteiger partial charge in [-0.25, -0.2) is 0 Å². The van der Waals surface area contributed by atoms with Crippen LogP contribution in [0.15, 0.2) is 37.1 Å². The lowest BCUT2D eigenvalue weighted by Gasteiger charge is -2.07. The molecule has 0 atom stereocenters. The maximum absolute atomic E-state index is 11.0. The molecule has 2 N–H and O–H groups in total. The van der Waals surface area contributed by atoms with Gasteiger partial charge in [0.1, 0.15) is 5.69 Å². The summed E-state index contributed by atoms with van der Waals surface area (Å²) in [5.41, 5.74) is 8.00. The van der Waals surface area contributed by atoms with Gasteiger partial charge in [-0.2, -0.15) is 5.10 Å². The van der Waals surface area contributed by atoms with Gasteiger partial charge in [0, 0.05) is 42.0 Å². The maximum atomic E-state index is 11.0. The Morgan fingerprint density at radius 3 is 2.52 bits per heavy atom. The second kappa shape index (κ2) is 8.15. The predicted molar refractivity (Wildman–Crippen MR) is 102 cm³/mol. The molecule has 0 bridgehead atoms. The molecule has 6 heteroatoms. The average molecular weight is 340 g/mol. The first-order chi connectivity index (χ1) is 11.6. The summed E-state index contributed by atoms with van der Waals surface area (Å²) < 4.78 is 1.63. The van der Waals surface area contributed by atoms with Crippen molar-refractivity contribution in [1.29, 1.82) is 0 Å². The number of nitro groups is 1. The smallest absolute Gasteiger partial charge is 0.270 e. The van der Waals surface area contributed by atoms with Crippen molar-refractivity contribution >= 4 is 11.4 Å². The molecular formula is C19H24N4O2. The van der Waals surface area contributed by atoms with E-state index in [9.17, 15) is 10.1 Å². The van der Waals surface area contributed by atoms with Crippen molar-refractivity contribution in [2.24, 2.45) is 12.5 Å². The number of aryl methyl sites for hydroxylation is 1. The number of anilines is 1. The monoisotopic (exact) mass is 340 g/mol. The van der Waals surface area contributed by atoms with E-state index < -0.39 is 4.92 Å². The second-order valence-corrected chi connectivity index (χ2v) is 6.50. The van der Waals surface area contributed by atoms with Crippen molar-refractivity contribution in [3.05, 3.63) is 52.7 Å². The number of nitro benzene ring substituents is 1. The lowest BCUT2D eigenvalue weighted by Crippen LogP contribution is -1.99. The molecule has 1 heterocycles. The van der Waals surface area contributed by atoms with Gasteiger partial charge in [0.2, 0.25) is 0 Å². The summed E-state index contributed by atoms with van der Waals surface area (Å²) in [4.78, 5) is 10.5. The molecule has 0 saturated heterocycles. The standard InChI is InChI=1S/C16H18N4O2.C3H6/c1-16(2,3)8-7-11-10-19(4)18-15(11)13-9-12(20(21)22)5-6-14(13)17;1-3-2/h5-6,9-10H,17H2,1-4H3;3H,1H2,2H3. The minimum Gasteiger partial charge on any atom is -0.398 e. The molecular weight excluding hydrogens is 316 g/mol. The van der Waals surface area contributed by atoms with Gasteiger partial charge in [0.25, 0.3) is 5.69 Å². The molecule has 0 aliphatic rings. The first kappa shape index (κ1) is 20.0. The summed E-state index contributed by atoms with van der Waals surface area (Å²) in [5.74, 6) is 6.23. The number of hydrogen-bond donors (Lipinski definition) is 1. The van der Waals surface area contributed by atoms with Crippen LogP contribution in [0.3, 0.4) is 0 Å². The van der Waals surface area contributed by atoms with E-state index in [1.165, 1.54) is 18.2 Å². The van der Waals surface area contributed by atoms with Crippen LogP contribution in [0.4, 0.5) is 11.4 Å². The number of benzene rings is 1. The molecule has 132 valence electrons. The normalized spacial score (nSPS) is 10.1. The molecule has 25 heavy (non-hydrogen) atoms. The Kier molecular flexibility index (Phi) is 6.52. The van der Waals surface area contributed by atoms with E-state index in [0.29, 0.717) is 22.5 Å². The van der Waals surface area contributed by atoms with Gasteiger partial charge in [0.15, 0.2) is 0 Å². The topological polar surface area (TPSA) is 87.0 Å². The third kappa shape index (κ3) is 5.81. The largest absolute Gasteiger partial charge is 0.398 e. The van der Waals surface area contributed by atoms with Crippen LogP contribution in [0, 0.1) is 27.4 Å². The predicted octanol–water partition coefficient (Wildman–Crippen LogP) is 4.17. The summed E-state index contributed by atoms with van der Waals surface area (Å²) in [5, 5.41) is 15.3. The second-order valence-electron chi connectivity index (χ2n) is 6.50. The number of allylic oxidation sites excluding steroid dienone is 1. The molecule has 0 aliphatic heterocycles. The average Bonchev–Trinajstić information content (AvgIpc) is 2.86. The fourth-order valence-electron chi connectivity index (χ4n) is 1.90. The highest BCUT2D eigenvalue weighted by atomic mass is 16.6. The third-order valence-corrected chi connectivity index (χ3v) is 2.90. The van der Waals surface area contributed by atoms with Crippen molar-refractivity contribution < 1.29 is 4.92 Å². The number of non-ortho nitro benzene ring substituents is 1. The molecule has 0 radical (unpaired) electrons. The summed E-state index contributed by atoms with van der Waals surface area (Å²) in [6.07, 6.45) is 3.53. The van der Waals surface area contributed by atoms with Gasteiger partial charge in [-0.3, -0.25) is 14.8 Å². The Morgan fingerprint density at radius 1 is 1.40 bits per heavy atom. The van der Waals surface area contributed by atoms with Crippen molar-refractivity contribution in [1.82, 2.24) is 9.78 Å². The number of hydrogen-bond acceptors (Lipinski definition) is 4. The highest BCUT2D eigenvalue weighted by Crippen LogP contribution is 2.30. The number of nitrogens with two attached hydrogens (primary N) is 1. The van der Waals surface area contributed by atoms with Gasteiger partial charge in [-0.1, -0.05) is 17.9 Å². The lowest BCUT2D eigenvalue weighted by atomic mass is 9.97. The van der Waals surface area contributed by atoms with Gasteiger partial charge in [0.05, 0.1) is 10.5 Å². The number of aromatic nitrogens is 2. The van der Waals surface area contributed by atoms with Crippen LogP contribution in [0.1, 0.15) is 33.3 Å². The fraction of sp³-hybridized carbons (Fsp3) is 0.316. The third-order valence-electron chi connectivity index (χ3n) is 2.90. The van der Waals surface area contributed by atoms with Crippen molar-refractivity contribution in [3.8, 4) is 23.1 Å². The minimum absolute atomic E-state index is 0.0235. The van der Waals surface area contributed by atoms with E-state index in [0.717, 1.165) is 0 Å². The quantitative estimate of drug-likeness (QED) is 0.292. The molecule has 1 aromatic carbocycles. The molecule has 0 aliphatic carbocycles. The Balaban J connectivity index is 0.000000970. The zero-order valence-corrected chi connectivity index (χ0v) is 15.3. The Hall–Kier alpha value is -3.07.